The molecule has 0 aliphatic rings. The number of hydrogen-bond acceptors (Lipinski definition) is 4. The zero-order chi connectivity index (χ0) is 22.4. The van der Waals surface area contributed by atoms with E-state index in [2.05, 4.69) is 22.4 Å². The number of rotatable bonds is 8. The fraction of sp³-hybridized carbons (Fsp3) is 0.286. The van der Waals surface area contributed by atoms with Gasteiger partial charge in [-0.3, -0.25) is 9.36 Å². The highest BCUT2D eigenvalue weighted by atomic mass is 35.5. The van der Waals surface area contributed by atoms with E-state index in [1.54, 1.807) is 22.8 Å². The minimum atomic E-state index is -4.63. The first-order valence-electron chi connectivity index (χ1n) is 9.58. The molecule has 0 aliphatic heterocycles. The fourth-order valence-electron chi connectivity index (χ4n) is 2.87. The number of carbonyl (C=O) groups excluding carboxylic acids is 1. The van der Waals surface area contributed by atoms with Gasteiger partial charge in [-0.05, 0) is 36.8 Å². The number of nitrogens with one attached hydrogen (secondary N) is 1. The number of benzene rings is 2. The van der Waals surface area contributed by atoms with Gasteiger partial charge in [0.05, 0.1) is 23.4 Å². The van der Waals surface area contributed by atoms with Crippen molar-refractivity contribution in [2.45, 2.75) is 37.6 Å². The van der Waals surface area contributed by atoms with Crippen LogP contribution in [-0.4, -0.2) is 26.4 Å². The van der Waals surface area contributed by atoms with Crippen molar-refractivity contribution in [3.63, 3.8) is 0 Å². The Kier molecular flexibility index (Phi) is 7.61. The van der Waals surface area contributed by atoms with Gasteiger partial charge in [0, 0.05) is 10.8 Å². The molecule has 3 aromatic rings. The van der Waals surface area contributed by atoms with E-state index in [1.807, 2.05) is 6.07 Å². The van der Waals surface area contributed by atoms with Crippen LogP contribution in [0.3, 0.4) is 0 Å². The molecule has 0 atom stereocenters. The van der Waals surface area contributed by atoms with Gasteiger partial charge in [0.15, 0.2) is 11.0 Å². The Bertz CT molecular complexity index is 1060. The Morgan fingerprint density at radius 1 is 1.16 bits per heavy atom. The number of amides is 1. The number of aromatic nitrogens is 3. The molecule has 1 aromatic heterocycles. The Hall–Kier alpha value is -2.52. The highest BCUT2D eigenvalue weighted by molar-refractivity contribution is 7.99. The number of halogens is 4. The summed E-state index contributed by atoms with van der Waals surface area (Å²) in [5.41, 5.74) is -0.725. The molecule has 0 spiro atoms. The van der Waals surface area contributed by atoms with E-state index in [0.717, 1.165) is 30.7 Å². The van der Waals surface area contributed by atoms with Crippen LogP contribution in [0.25, 0.3) is 5.69 Å². The molecule has 164 valence electrons. The van der Waals surface area contributed by atoms with Gasteiger partial charge in [0.25, 0.3) is 5.91 Å². The van der Waals surface area contributed by atoms with Crippen LogP contribution in [0.15, 0.2) is 53.7 Å². The fourth-order valence-corrected chi connectivity index (χ4v) is 4.11. The average Bonchev–Trinajstić information content (AvgIpc) is 3.14. The second-order valence-electron chi connectivity index (χ2n) is 6.64. The largest absolute Gasteiger partial charge is 0.417 e. The second kappa shape index (κ2) is 10.2. The molecular formula is C21H20ClF3N4OS. The summed E-state index contributed by atoms with van der Waals surface area (Å²) in [7, 11) is 0. The lowest BCUT2D eigenvalue weighted by atomic mass is 10.1. The molecule has 0 saturated heterocycles. The van der Waals surface area contributed by atoms with E-state index in [-0.39, 0.29) is 6.54 Å². The van der Waals surface area contributed by atoms with Gasteiger partial charge >= 0.3 is 6.18 Å². The summed E-state index contributed by atoms with van der Waals surface area (Å²) in [5.74, 6) is 0.383. The van der Waals surface area contributed by atoms with E-state index >= 15 is 0 Å². The zero-order valence-electron chi connectivity index (χ0n) is 16.6. The number of unbranched alkanes of at least 4 members (excludes halogenated alkanes) is 1. The lowest BCUT2D eigenvalue weighted by Crippen LogP contribution is -2.27. The minimum absolute atomic E-state index is 0.0983. The highest BCUT2D eigenvalue weighted by Gasteiger charge is 2.34. The molecule has 5 nitrogen and oxygen atoms in total. The number of carbonyl (C=O) groups is 1. The van der Waals surface area contributed by atoms with Crippen molar-refractivity contribution in [1.29, 1.82) is 0 Å². The molecule has 2 aromatic carbocycles. The van der Waals surface area contributed by atoms with E-state index in [4.69, 9.17) is 11.6 Å². The molecule has 1 amide bonds. The van der Waals surface area contributed by atoms with Gasteiger partial charge in [-0.1, -0.05) is 54.9 Å². The smallest absolute Gasteiger partial charge is 0.345 e. The Morgan fingerprint density at radius 3 is 2.65 bits per heavy atom. The summed E-state index contributed by atoms with van der Waals surface area (Å²) in [6, 6.07) is 11.7. The first-order valence-corrected chi connectivity index (χ1v) is 10.9. The van der Waals surface area contributed by atoms with E-state index in [0.29, 0.717) is 21.7 Å². The molecule has 0 radical (unpaired) electrons. The van der Waals surface area contributed by atoms with Gasteiger partial charge in [-0.2, -0.15) is 13.2 Å². The maximum Gasteiger partial charge on any atom is 0.417 e. The quantitative estimate of drug-likeness (QED) is 0.337. The Morgan fingerprint density at radius 2 is 1.94 bits per heavy atom. The number of alkyl halides is 3. The summed E-state index contributed by atoms with van der Waals surface area (Å²) in [4.78, 5) is 12.5. The lowest BCUT2D eigenvalue weighted by Gasteiger charge is -2.13. The molecule has 1 N–H and O–H groups in total. The highest BCUT2D eigenvalue weighted by Crippen LogP contribution is 2.32. The summed E-state index contributed by atoms with van der Waals surface area (Å²) in [6.45, 7) is 1.99. The summed E-state index contributed by atoms with van der Waals surface area (Å²) in [5, 5.41) is 12.0. The summed E-state index contributed by atoms with van der Waals surface area (Å²) >= 11 is 7.64. The normalized spacial score (nSPS) is 11.5. The molecule has 3 rings (SSSR count). The minimum Gasteiger partial charge on any atom is -0.345 e. The molecule has 0 saturated carbocycles. The van der Waals surface area contributed by atoms with Gasteiger partial charge in [-0.25, -0.2) is 0 Å². The monoisotopic (exact) mass is 468 g/mol. The third kappa shape index (κ3) is 5.80. The van der Waals surface area contributed by atoms with Gasteiger partial charge < -0.3 is 5.32 Å². The molecule has 0 aliphatic carbocycles. The van der Waals surface area contributed by atoms with Crippen LogP contribution in [0, 0.1) is 0 Å². The van der Waals surface area contributed by atoms with Gasteiger partial charge in [0.2, 0.25) is 0 Å². The maximum absolute atomic E-state index is 13.2. The van der Waals surface area contributed by atoms with Crippen molar-refractivity contribution < 1.29 is 18.0 Å². The van der Waals surface area contributed by atoms with Crippen molar-refractivity contribution >= 4 is 29.3 Å². The predicted molar refractivity (Wildman–Crippen MR) is 115 cm³/mol. The van der Waals surface area contributed by atoms with Crippen LogP contribution >= 0.6 is 23.4 Å². The van der Waals surface area contributed by atoms with E-state index in [9.17, 15) is 18.0 Å². The zero-order valence-corrected chi connectivity index (χ0v) is 18.2. The van der Waals surface area contributed by atoms with E-state index < -0.39 is 23.2 Å². The van der Waals surface area contributed by atoms with Crippen LogP contribution in [0.5, 0.6) is 0 Å². The predicted octanol–water partition coefficient (Wildman–Crippen LogP) is 5.76. The SMILES string of the molecule is CCCCSc1nnc(CNC(=O)c2ccccc2C(F)(F)F)n1-c1cccc(Cl)c1. The Labute approximate surface area is 187 Å². The first-order chi connectivity index (χ1) is 14.8. The van der Waals surface area contributed by atoms with Crippen LogP contribution < -0.4 is 5.32 Å². The molecular weight excluding hydrogens is 449 g/mol. The van der Waals surface area contributed by atoms with Crippen molar-refractivity contribution in [2.75, 3.05) is 5.75 Å². The topological polar surface area (TPSA) is 59.8 Å². The maximum atomic E-state index is 13.2. The van der Waals surface area contributed by atoms with Crippen molar-refractivity contribution in [2.24, 2.45) is 0 Å². The standard InChI is InChI=1S/C21H20ClF3N4OS/c1-2-3-11-31-20-28-27-18(29(20)15-8-6-7-14(22)12-15)13-26-19(30)16-9-4-5-10-17(16)21(23,24)25/h4-10,12H,2-3,11,13H2,1H3,(H,26,30). The molecule has 10 heteroatoms. The molecule has 0 bridgehead atoms. The lowest BCUT2D eigenvalue weighted by molar-refractivity contribution is -0.137. The first kappa shape index (κ1) is 23.1. The second-order valence-corrected chi connectivity index (χ2v) is 8.14. The van der Waals surface area contributed by atoms with E-state index in [1.165, 1.54) is 23.9 Å². The van der Waals surface area contributed by atoms with Crippen molar-refractivity contribution in [3.8, 4) is 5.69 Å². The van der Waals surface area contributed by atoms with Crippen molar-refractivity contribution in [1.82, 2.24) is 20.1 Å². The molecule has 0 unspecified atom stereocenters. The molecule has 0 fully saturated rings. The van der Waals surface area contributed by atoms with Crippen LogP contribution in [0.1, 0.15) is 41.5 Å². The Balaban J connectivity index is 1.86. The summed E-state index contributed by atoms with van der Waals surface area (Å²) in [6.07, 6.45) is -2.61. The summed E-state index contributed by atoms with van der Waals surface area (Å²) < 4.78 is 41.4. The number of thioether (sulfide) groups is 1. The third-order valence-corrected chi connectivity index (χ3v) is 5.63. The van der Waals surface area contributed by atoms with Crippen LogP contribution in [-0.2, 0) is 12.7 Å². The number of hydrogen-bond donors (Lipinski definition) is 1. The third-order valence-electron chi connectivity index (χ3n) is 4.38. The molecule has 31 heavy (non-hydrogen) atoms. The molecule has 1 heterocycles. The average molecular weight is 469 g/mol. The number of nitrogens with zero attached hydrogens (tertiary/aromatic N) is 3. The van der Waals surface area contributed by atoms with Gasteiger partial charge in [0.1, 0.15) is 0 Å². The van der Waals surface area contributed by atoms with Gasteiger partial charge in [-0.15, -0.1) is 10.2 Å². The van der Waals surface area contributed by atoms with Crippen molar-refractivity contribution in [3.05, 3.63) is 70.5 Å². The van der Waals surface area contributed by atoms with Crippen LogP contribution in [0.2, 0.25) is 5.02 Å². The van der Waals surface area contributed by atoms with Crippen LogP contribution in [0.4, 0.5) is 13.2 Å².